The highest BCUT2D eigenvalue weighted by Crippen LogP contribution is 2.36. The Labute approximate surface area is 155 Å². The molecule has 0 amide bonds. The highest BCUT2D eigenvalue weighted by Gasteiger charge is 2.39. The SMILES string of the molecule is Cc1cc(C)n(Cc2ccc(-n3nc(C(F)(F)F)c4c3CCCC4)cc2)n1. The third-order valence-corrected chi connectivity index (χ3v) is 5.07. The van der Waals surface area contributed by atoms with E-state index in [2.05, 4.69) is 10.2 Å². The van der Waals surface area contributed by atoms with Gasteiger partial charge in [-0.15, -0.1) is 0 Å². The summed E-state index contributed by atoms with van der Waals surface area (Å²) in [4.78, 5) is 0. The molecule has 0 fully saturated rings. The second-order valence-electron chi connectivity index (χ2n) is 7.14. The number of rotatable bonds is 3. The van der Waals surface area contributed by atoms with E-state index in [1.165, 1.54) is 4.68 Å². The van der Waals surface area contributed by atoms with Crippen molar-refractivity contribution in [3.05, 3.63) is 64.2 Å². The Balaban J connectivity index is 1.66. The van der Waals surface area contributed by atoms with E-state index in [1.807, 2.05) is 48.9 Å². The van der Waals surface area contributed by atoms with Crippen LogP contribution < -0.4 is 0 Å². The van der Waals surface area contributed by atoms with Gasteiger partial charge in [-0.05, 0) is 63.3 Å². The smallest absolute Gasteiger partial charge is 0.265 e. The van der Waals surface area contributed by atoms with Crippen molar-refractivity contribution in [1.29, 1.82) is 0 Å². The number of aryl methyl sites for hydroxylation is 2. The van der Waals surface area contributed by atoms with E-state index < -0.39 is 11.9 Å². The first-order valence-electron chi connectivity index (χ1n) is 9.11. The van der Waals surface area contributed by atoms with Crippen molar-refractivity contribution >= 4 is 0 Å². The molecule has 0 spiro atoms. The maximum atomic E-state index is 13.4. The number of hydrogen-bond acceptors (Lipinski definition) is 2. The summed E-state index contributed by atoms with van der Waals surface area (Å²) < 4.78 is 43.5. The molecule has 0 saturated heterocycles. The van der Waals surface area contributed by atoms with Crippen LogP contribution in [0.4, 0.5) is 13.2 Å². The Morgan fingerprint density at radius 1 is 1.00 bits per heavy atom. The second kappa shape index (κ2) is 6.55. The largest absolute Gasteiger partial charge is 0.435 e. The zero-order valence-corrected chi connectivity index (χ0v) is 15.3. The van der Waals surface area contributed by atoms with Crippen LogP contribution in [0.2, 0.25) is 0 Å². The van der Waals surface area contributed by atoms with Gasteiger partial charge in [0, 0.05) is 17.0 Å². The van der Waals surface area contributed by atoms with Gasteiger partial charge in [0.1, 0.15) is 0 Å². The van der Waals surface area contributed by atoms with Crippen LogP contribution in [0.1, 0.15) is 46.7 Å². The minimum Gasteiger partial charge on any atom is -0.265 e. The van der Waals surface area contributed by atoms with Gasteiger partial charge in [-0.2, -0.15) is 23.4 Å². The zero-order chi connectivity index (χ0) is 19.2. The Bertz CT molecular complexity index is 965. The van der Waals surface area contributed by atoms with Crippen molar-refractivity contribution in [2.75, 3.05) is 0 Å². The van der Waals surface area contributed by atoms with E-state index >= 15 is 0 Å². The fourth-order valence-electron chi connectivity index (χ4n) is 3.79. The number of alkyl halides is 3. The first-order chi connectivity index (χ1) is 12.8. The molecule has 4 nitrogen and oxygen atoms in total. The minimum atomic E-state index is -4.41. The Morgan fingerprint density at radius 2 is 1.70 bits per heavy atom. The summed E-state index contributed by atoms with van der Waals surface area (Å²) in [5.41, 5.74) is 4.08. The van der Waals surface area contributed by atoms with Crippen molar-refractivity contribution in [3.63, 3.8) is 0 Å². The van der Waals surface area contributed by atoms with Gasteiger partial charge in [-0.25, -0.2) is 4.68 Å². The van der Waals surface area contributed by atoms with Crippen molar-refractivity contribution in [2.45, 2.75) is 52.3 Å². The van der Waals surface area contributed by atoms with Gasteiger partial charge in [-0.3, -0.25) is 4.68 Å². The number of fused-ring (bicyclic) bond motifs is 1. The molecule has 0 radical (unpaired) electrons. The molecule has 27 heavy (non-hydrogen) atoms. The molecule has 0 bridgehead atoms. The molecule has 1 aromatic carbocycles. The van der Waals surface area contributed by atoms with E-state index in [9.17, 15) is 13.2 Å². The molecular weight excluding hydrogens is 353 g/mol. The van der Waals surface area contributed by atoms with E-state index in [0.29, 0.717) is 36.3 Å². The second-order valence-corrected chi connectivity index (χ2v) is 7.14. The van der Waals surface area contributed by atoms with Crippen LogP contribution >= 0.6 is 0 Å². The summed E-state index contributed by atoms with van der Waals surface area (Å²) in [7, 11) is 0. The van der Waals surface area contributed by atoms with Crippen molar-refractivity contribution in [1.82, 2.24) is 19.6 Å². The number of halogens is 3. The van der Waals surface area contributed by atoms with Gasteiger partial charge < -0.3 is 0 Å². The molecule has 0 unspecified atom stereocenters. The molecule has 0 N–H and O–H groups in total. The van der Waals surface area contributed by atoms with Gasteiger partial charge in [0.25, 0.3) is 0 Å². The Hall–Kier alpha value is -2.57. The van der Waals surface area contributed by atoms with Gasteiger partial charge in [-0.1, -0.05) is 12.1 Å². The molecule has 7 heteroatoms. The predicted molar refractivity (Wildman–Crippen MR) is 96.0 cm³/mol. The van der Waals surface area contributed by atoms with Gasteiger partial charge in [0.2, 0.25) is 0 Å². The van der Waals surface area contributed by atoms with Gasteiger partial charge >= 0.3 is 6.18 Å². The van der Waals surface area contributed by atoms with Crippen LogP contribution in [-0.4, -0.2) is 19.6 Å². The van der Waals surface area contributed by atoms with Crippen molar-refractivity contribution in [3.8, 4) is 5.69 Å². The molecule has 0 saturated carbocycles. The van der Waals surface area contributed by atoms with Crippen LogP contribution in [0, 0.1) is 13.8 Å². The average Bonchev–Trinajstić information content (AvgIpc) is 3.15. The fraction of sp³-hybridized carbons (Fsp3) is 0.400. The highest BCUT2D eigenvalue weighted by molar-refractivity contribution is 5.41. The molecule has 1 aliphatic carbocycles. The number of nitrogens with zero attached hydrogens (tertiary/aromatic N) is 4. The van der Waals surface area contributed by atoms with E-state index in [0.717, 1.165) is 29.8 Å². The number of benzene rings is 1. The molecule has 1 aliphatic rings. The van der Waals surface area contributed by atoms with Crippen LogP contribution in [0.5, 0.6) is 0 Å². The molecule has 2 heterocycles. The standard InChI is InChI=1S/C20H21F3N4/c1-13-11-14(2)26(24-13)12-15-7-9-16(10-8-15)27-18-6-4-3-5-17(18)19(25-27)20(21,22)23/h7-11H,3-6,12H2,1-2H3. The first-order valence-corrected chi connectivity index (χ1v) is 9.11. The predicted octanol–water partition coefficient (Wildman–Crippen LogP) is 4.63. The summed E-state index contributed by atoms with van der Waals surface area (Å²) in [5, 5.41) is 8.39. The first kappa shape index (κ1) is 17.8. The van der Waals surface area contributed by atoms with Crippen LogP contribution in [-0.2, 0) is 25.6 Å². The van der Waals surface area contributed by atoms with Crippen molar-refractivity contribution < 1.29 is 13.2 Å². The van der Waals surface area contributed by atoms with E-state index in [1.54, 1.807) is 0 Å². The van der Waals surface area contributed by atoms with Crippen LogP contribution in [0.25, 0.3) is 5.69 Å². The molecule has 0 aliphatic heterocycles. The lowest BCUT2D eigenvalue weighted by Gasteiger charge is -2.15. The summed E-state index contributed by atoms with van der Waals surface area (Å²) in [6, 6.07) is 9.54. The third-order valence-electron chi connectivity index (χ3n) is 5.07. The topological polar surface area (TPSA) is 35.6 Å². The quantitative estimate of drug-likeness (QED) is 0.670. The molecule has 0 atom stereocenters. The normalized spacial score (nSPS) is 14.4. The van der Waals surface area contributed by atoms with Gasteiger partial charge in [0.05, 0.1) is 17.9 Å². The lowest BCUT2D eigenvalue weighted by molar-refractivity contribution is -0.142. The van der Waals surface area contributed by atoms with Gasteiger partial charge in [0.15, 0.2) is 5.69 Å². The summed E-state index contributed by atoms with van der Waals surface area (Å²) in [5.74, 6) is 0. The maximum Gasteiger partial charge on any atom is 0.435 e. The molecular formula is C20H21F3N4. The molecule has 142 valence electrons. The van der Waals surface area contributed by atoms with E-state index in [4.69, 9.17) is 0 Å². The average molecular weight is 374 g/mol. The minimum absolute atomic E-state index is 0.362. The monoisotopic (exact) mass is 374 g/mol. The van der Waals surface area contributed by atoms with Crippen LogP contribution in [0.3, 0.4) is 0 Å². The summed E-state index contributed by atoms with van der Waals surface area (Å²) in [6.07, 6.45) is -1.66. The third kappa shape index (κ3) is 3.38. The summed E-state index contributed by atoms with van der Waals surface area (Å²) >= 11 is 0. The summed E-state index contributed by atoms with van der Waals surface area (Å²) in [6.45, 7) is 4.58. The Kier molecular flexibility index (Phi) is 4.32. The zero-order valence-electron chi connectivity index (χ0n) is 15.3. The maximum absolute atomic E-state index is 13.4. The van der Waals surface area contributed by atoms with Crippen molar-refractivity contribution in [2.24, 2.45) is 0 Å². The fourth-order valence-corrected chi connectivity index (χ4v) is 3.79. The van der Waals surface area contributed by atoms with E-state index in [-0.39, 0.29) is 0 Å². The lowest BCUT2D eigenvalue weighted by Crippen LogP contribution is -2.11. The number of hydrogen-bond donors (Lipinski definition) is 0. The number of aromatic nitrogens is 4. The molecule has 3 aromatic rings. The highest BCUT2D eigenvalue weighted by atomic mass is 19.4. The molecule has 2 aromatic heterocycles. The molecule has 4 rings (SSSR count). The Morgan fingerprint density at radius 3 is 2.33 bits per heavy atom. The lowest BCUT2D eigenvalue weighted by atomic mass is 9.95. The van der Waals surface area contributed by atoms with Crippen LogP contribution in [0.15, 0.2) is 30.3 Å².